The highest BCUT2D eigenvalue weighted by Gasteiger charge is 2.18. The Balaban J connectivity index is 3.83. The molecule has 4 nitrogen and oxygen atoms in total. The first-order valence-electron chi connectivity index (χ1n) is 1.78. The minimum Gasteiger partial charge on any atom is -0.367 e. The van der Waals surface area contributed by atoms with Crippen molar-refractivity contribution in [2.45, 2.75) is 6.17 Å². The monoisotopic (exact) mass is 120 g/mol. The molecule has 0 spiro atoms. The highest BCUT2D eigenvalue weighted by atomic mass is 19.1. The maximum absolute atomic E-state index is 11.7. The fraction of sp³-hybridized carbons (Fsp3) is 0.333. The minimum atomic E-state index is -2.35. The maximum Gasteiger partial charge on any atom is 0.261 e. The Morgan fingerprint density at radius 1 is 1.25 bits per heavy atom. The van der Waals surface area contributed by atoms with Gasteiger partial charge in [0.05, 0.1) is 0 Å². The van der Waals surface area contributed by atoms with Crippen molar-refractivity contribution >= 4 is 11.8 Å². The summed E-state index contributed by atoms with van der Waals surface area (Å²) in [6, 6.07) is 0. The summed E-state index contributed by atoms with van der Waals surface area (Å²) in [6.07, 6.45) is -2.35. The molecule has 0 fully saturated rings. The first-order valence-corrected chi connectivity index (χ1v) is 1.78. The van der Waals surface area contributed by atoms with Crippen LogP contribution in [0.1, 0.15) is 0 Å². The number of nitrogens with two attached hydrogens (primary N) is 2. The largest absolute Gasteiger partial charge is 0.367 e. The summed E-state index contributed by atoms with van der Waals surface area (Å²) in [5.41, 5.74) is 8.64. The van der Waals surface area contributed by atoms with Gasteiger partial charge in [-0.1, -0.05) is 0 Å². The van der Waals surface area contributed by atoms with E-state index in [0.29, 0.717) is 0 Å². The van der Waals surface area contributed by atoms with E-state index < -0.39 is 18.0 Å². The normalized spacial score (nSPS) is 9.25. The molecule has 0 saturated carbocycles. The van der Waals surface area contributed by atoms with Crippen LogP contribution in [0.3, 0.4) is 0 Å². The van der Waals surface area contributed by atoms with Crippen molar-refractivity contribution in [1.29, 1.82) is 0 Å². The second kappa shape index (κ2) is 2.25. The van der Waals surface area contributed by atoms with E-state index in [1.54, 1.807) is 0 Å². The van der Waals surface area contributed by atoms with Crippen LogP contribution in [0.25, 0.3) is 0 Å². The number of primary amides is 2. The van der Waals surface area contributed by atoms with Gasteiger partial charge in [0.25, 0.3) is 18.0 Å². The van der Waals surface area contributed by atoms with E-state index in [0.717, 1.165) is 0 Å². The van der Waals surface area contributed by atoms with E-state index in [2.05, 4.69) is 11.5 Å². The van der Waals surface area contributed by atoms with Gasteiger partial charge in [-0.15, -0.1) is 0 Å². The lowest BCUT2D eigenvalue weighted by Gasteiger charge is -1.93. The third kappa shape index (κ3) is 1.55. The molecule has 0 atom stereocenters. The fourth-order valence-electron chi connectivity index (χ4n) is 0.140. The average molecular weight is 120 g/mol. The first kappa shape index (κ1) is 6.87. The molecule has 0 aliphatic rings. The highest BCUT2D eigenvalue weighted by molar-refractivity contribution is 6.01. The molecule has 0 bridgehead atoms. The van der Waals surface area contributed by atoms with Gasteiger partial charge in [0.1, 0.15) is 0 Å². The predicted molar refractivity (Wildman–Crippen MR) is 23.3 cm³/mol. The van der Waals surface area contributed by atoms with Crippen LogP contribution >= 0.6 is 0 Å². The molecule has 0 rings (SSSR count). The summed E-state index contributed by atoms with van der Waals surface area (Å²) in [5, 5.41) is 0. The zero-order valence-electron chi connectivity index (χ0n) is 3.93. The second-order valence-corrected chi connectivity index (χ2v) is 1.17. The summed E-state index contributed by atoms with van der Waals surface area (Å²) in [6.45, 7) is 0. The van der Waals surface area contributed by atoms with E-state index in [1.807, 2.05) is 0 Å². The van der Waals surface area contributed by atoms with Crippen LogP contribution in [0.2, 0.25) is 0 Å². The Labute approximate surface area is 44.6 Å². The number of halogens is 1. The number of hydrogen-bond donors (Lipinski definition) is 2. The summed E-state index contributed by atoms with van der Waals surface area (Å²) in [7, 11) is 0. The molecule has 0 aliphatic heterocycles. The lowest BCUT2D eigenvalue weighted by Crippen LogP contribution is -2.36. The SMILES string of the molecule is NC(=O)C(F)C(N)=O. The van der Waals surface area contributed by atoms with Crippen LogP contribution in [0, 0.1) is 0 Å². The van der Waals surface area contributed by atoms with E-state index in [1.165, 1.54) is 0 Å². The van der Waals surface area contributed by atoms with Gasteiger partial charge in [-0.3, -0.25) is 9.59 Å². The molecule has 0 aromatic rings. The standard InChI is InChI=1S/C3H5FN2O2/c4-1(2(5)7)3(6)8/h1H,(H2,5,7)(H2,6,8). The van der Waals surface area contributed by atoms with E-state index in [9.17, 15) is 14.0 Å². The molecule has 0 heterocycles. The molecule has 46 valence electrons. The Kier molecular flexibility index (Phi) is 1.93. The lowest BCUT2D eigenvalue weighted by molar-refractivity contribution is -0.132. The highest BCUT2D eigenvalue weighted by Crippen LogP contribution is 1.83. The lowest BCUT2D eigenvalue weighted by atomic mass is 10.4. The minimum absolute atomic E-state index is 1.35. The number of alkyl halides is 1. The Hall–Kier alpha value is -1.13. The third-order valence-electron chi connectivity index (χ3n) is 0.500. The van der Waals surface area contributed by atoms with Crippen molar-refractivity contribution in [3.63, 3.8) is 0 Å². The Morgan fingerprint density at radius 2 is 1.50 bits per heavy atom. The van der Waals surface area contributed by atoms with Gasteiger partial charge in [0, 0.05) is 0 Å². The van der Waals surface area contributed by atoms with Gasteiger partial charge in [-0.25, -0.2) is 4.39 Å². The van der Waals surface area contributed by atoms with Crippen LogP contribution in [0.5, 0.6) is 0 Å². The molecule has 0 radical (unpaired) electrons. The Morgan fingerprint density at radius 3 is 1.50 bits per heavy atom. The molecule has 4 N–H and O–H groups in total. The number of rotatable bonds is 2. The first-order chi connectivity index (χ1) is 3.55. The van der Waals surface area contributed by atoms with Crippen LogP contribution < -0.4 is 11.5 Å². The molecule has 0 saturated heterocycles. The Bertz CT molecular complexity index is 110. The van der Waals surface area contributed by atoms with Gasteiger partial charge < -0.3 is 11.5 Å². The maximum atomic E-state index is 11.7. The number of hydrogen-bond acceptors (Lipinski definition) is 2. The molecule has 0 aromatic carbocycles. The van der Waals surface area contributed by atoms with Crippen molar-refractivity contribution in [1.82, 2.24) is 0 Å². The average Bonchev–Trinajstić information content (AvgIpc) is 1.64. The van der Waals surface area contributed by atoms with E-state index >= 15 is 0 Å². The second-order valence-electron chi connectivity index (χ2n) is 1.17. The van der Waals surface area contributed by atoms with Gasteiger partial charge in [-0.2, -0.15) is 0 Å². The molecule has 8 heavy (non-hydrogen) atoms. The van der Waals surface area contributed by atoms with Crippen molar-refractivity contribution in [2.24, 2.45) is 11.5 Å². The van der Waals surface area contributed by atoms with Gasteiger partial charge >= 0.3 is 0 Å². The van der Waals surface area contributed by atoms with E-state index in [-0.39, 0.29) is 0 Å². The molecule has 0 aromatic heterocycles. The molecule has 0 aliphatic carbocycles. The van der Waals surface area contributed by atoms with Crippen molar-refractivity contribution < 1.29 is 14.0 Å². The quantitative estimate of drug-likeness (QED) is 0.425. The number of carbonyl (C=O) groups excluding carboxylic acids is 2. The summed E-state index contributed by atoms with van der Waals surface area (Å²) < 4.78 is 11.7. The smallest absolute Gasteiger partial charge is 0.261 e. The molecule has 5 heteroatoms. The summed E-state index contributed by atoms with van der Waals surface area (Å²) in [4.78, 5) is 19.4. The van der Waals surface area contributed by atoms with Gasteiger partial charge in [-0.05, 0) is 0 Å². The fourth-order valence-corrected chi connectivity index (χ4v) is 0.140. The molecular weight excluding hydrogens is 115 g/mol. The third-order valence-corrected chi connectivity index (χ3v) is 0.500. The molecular formula is C3H5FN2O2. The number of carbonyl (C=O) groups is 2. The van der Waals surface area contributed by atoms with Gasteiger partial charge in [0.2, 0.25) is 0 Å². The summed E-state index contributed by atoms with van der Waals surface area (Å²) >= 11 is 0. The number of amides is 2. The molecule has 0 unspecified atom stereocenters. The van der Waals surface area contributed by atoms with Crippen molar-refractivity contribution in [3.05, 3.63) is 0 Å². The van der Waals surface area contributed by atoms with Gasteiger partial charge in [0.15, 0.2) is 0 Å². The summed E-state index contributed by atoms with van der Waals surface area (Å²) in [5.74, 6) is -2.70. The van der Waals surface area contributed by atoms with E-state index in [4.69, 9.17) is 0 Å². The van der Waals surface area contributed by atoms with Crippen molar-refractivity contribution in [3.8, 4) is 0 Å². The predicted octanol–water partition coefficient (Wildman–Crippen LogP) is -1.70. The zero-order valence-corrected chi connectivity index (χ0v) is 3.93. The van der Waals surface area contributed by atoms with Crippen LogP contribution in [0.15, 0.2) is 0 Å². The van der Waals surface area contributed by atoms with Crippen LogP contribution in [-0.2, 0) is 9.59 Å². The van der Waals surface area contributed by atoms with Crippen molar-refractivity contribution in [2.75, 3.05) is 0 Å². The molecule has 2 amide bonds. The van der Waals surface area contributed by atoms with Crippen LogP contribution in [-0.4, -0.2) is 18.0 Å². The zero-order chi connectivity index (χ0) is 6.73. The van der Waals surface area contributed by atoms with Crippen LogP contribution in [0.4, 0.5) is 4.39 Å². The topological polar surface area (TPSA) is 86.2 Å².